The molecule has 0 aliphatic carbocycles. The van der Waals surface area contributed by atoms with Crippen LogP contribution in [0.25, 0.3) is 0 Å². The highest BCUT2D eigenvalue weighted by Gasteiger charge is 2.42. The third-order valence-corrected chi connectivity index (χ3v) is 5.89. The number of benzene rings is 1. The van der Waals surface area contributed by atoms with Crippen LogP contribution in [-0.4, -0.2) is 61.3 Å². The molecular formula is C19H26ClN3O2. The van der Waals surface area contributed by atoms with Crippen molar-refractivity contribution in [1.82, 2.24) is 15.1 Å². The Labute approximate surface area is 154 Å². The Balaban J connectivity index is 1.58. The van der Waals surface area contributed by atoms with E-state index in [0.29, 0.717) is 12.0 Å². The van der Waals surface area contributed by atoms with Gasteiger partial charge in [-0.3, -0.25) is 0 Å². The number of nitrogens with zero attached hydrogens (tertiary/aromatic N) is 2. The van der Waals surface area contributed by atoms with Crippen molar-refractivity contribution in [3.05, 3.63) is 34.9 Å². The average molecular weight is 364 g/mol. The minimum Gasteiger partial charge on any atom is -0.381 e. The van der Waals surface area contributed by atoms with E-state index < -0.39 is 0 Å². The lowest BCUT2D eigenvalue weighted by Gasteiger charge is -2.35. The number of rotatable bonds is 4. The van der Waals surface area contributed by atoms with Crippen molar-refractivity contribution in [3.8, 4) is 0 Å². The number of nitrogens with one attached hydrogen (secondary N) is 1. The van der Waals surface area contributed by atoms with Crippen LogP contribution in [0.2, 0.25) is 5.02 Å². The number of ether oxygens (including phenoxy) is 1. The Morgan fingerprint density at radius 3 is 2.80 bits per heavy atom. The molecular weight excluding hydrogens is 338 g/mol. The highest BCUT2D eigenvalue weighted by atomic mass is 35.5. The summed E-state index contributed by atoms with van der Waals surface area (Å²) >= 11 is 6.22. The third-order valence-electron chi connectivity index (χ3n) is 5.66. The third kappa shape index (κ3) is 3.64. The first kappa shape index (κ1) is 17.1. The van der Waals surface area contributed by atoms with E-state index in [1.165, 1.54) is 0 Å². The van der Waals surface area contributed by atoms with Gasteiger partial charge in [-0.05, 0) is 50.0 Å². The molecule has 0 bridgehead atoms. The van der Waals surface area contributed by atoms with E-state index in [0.717, 1.165) is 69.2 Å². The zero-order valence-corrected chi connectivity index (χ0v) is 15.3. The molecule has 5 nitrogen and oxygen atoms in total. The van der Waals surface area contributed by atoms with Gasteiger partial charge in [0.1, 0.15) is 0 Å². The molecule has 0 spiro atoms. The highest BCUT2D eigenvalue weighted by Crippen LogP contribution is 2.35. The number of hydrogen-bond donors (Lipinski definition) is 1. The zero-order chi connectivity index (χ0) is 17.2. The van der Waals surface area contributed by atoms with E-state index in [-0.39, 0.29) is 12.1 Å². The summed E-state index contributed by atoms with van der Waals surface area (Å²) in [5.41, 5.74) is 1.14. The maximum absolute atomic E-state index is 13.2. The largest absolute Gasteiger partial charge is 0.381 e. The standard InChI is InChI=1S/C19H26ClN3O2/c20-16-3-1-2-15(10-16)18-12-22(11-14-6-9-25-13-14)19(24)23(18)17-4-7-21-8-5-17/h1-3,10,14,17-18,21H,4-9,11-13H2. The van der Waals surface area contributed by atoms with E-state index in [4.69, 9.17) is 16.3 Å². The van der Waals surface area contributed by atoms with Crippen molar-refractivity contribution in [2.75, 3.05) is 39.4 Å². The van der Waals surface area contributed by atoms with Crippen LogP contribution in [0, 0.1) is 5.92 Å². The lowest BCUT2D eigenvalue weighted by Crippen LogP contribution is -2.46. The predicted octanol–water partition coefficient (Wildman–Crippen LogP) is 2.91. The lowest BCUT2D eigenvalue weighted by molar-refractivity contribution is 0.145. The predicted molar refractivity (Wildman–Crippen MR) is 97.8 cm³/mol. The summed E-state index contributed by atoms with van der Waals surface area (Å²) in [6, 6.07) is 8.57. The molecule has 1 aromatic carbocycles. The fraction of sp³-hybridized carbons (Fsp3) is 0.632. The van der Waals surface area contributed by atoms with E-state index in [9.17, 15) is 4.79 Å². The quantitative estimate of drug-likeness (QED) is 0.894. The van der Waals surface area contributed by atoms with E-state index in [1.807, 2.05) is 23.1 Å². The fourth-order valence-corrected chi connectivity index (χ4v) is 4.54. The molecule has 3 aliphatic heterocycles. The molecule has 136 valence electrons. The van der Waals surface area contributed by atoms with Crippen LogP contribution in [0.5, 0.6) is 0 Å². The van der Waals surface area contributed by atoms with Crippen LogP contribution in [0.1, 0.15) is 30.9 Å². The van der Waals surface area contributed by atoms with Gasteiger partial charge in [0.15, 0.2) is 0 Å². The van der Waals surface area contributed by atoms with Gasteiger partial charge < -0.3 is 19.9 Å². The highest BCUT2D eigenvalue weighted by molar-refractivity contribution is 6.30. The molecule has 25 heavy (non-hydrogen) atoms. The minimum atomic E-state index is 0.0941. The summed E-state index contributed by atoms with van der Waals surface area (Å²) < 4.78 is 5.50. The van der Waals surface area contributed by atoms with Gasteiger partial charge >= 0.3 is 6.03 Å². The van der Waals surface area contributed by atoms with Gasteiger partial charge in [-0.15, -0.1) is 0 Å². The van der Waals surface area contributed by atoms with Crippen molar-refractivity contribution >= 4 is 17.6 Å². The van der Waals surface area contributed by atoms with Gasteiger partial charge in [0, 0.05) is 36.7 Å². The molecule has 1 aromatic rings. The minimum absolute atomic E-state index is 0.0941. The van der Waals surface area contributed by atoms with E-state index >= 15 is 0 Å². The summed E-state index contributed by atoms with van der Waals surface area (Å²) in [6.07, 6.45) is 3.09. The van der Waals surface area contributed by atoms with Gasteiger partial charge in [-0.1, -0.05) is 23.7 Å². The maximum Gasteiger partial charge on any atom is 0.320 e. The van der Waals surface area contributed by atoms with Crippen LogP contribution in [0.3, 0.4) is 0 Å². The number of halogens is 1. The van der Waals surface area contributed by atoms with Crippen molar-refractivity contribution in [1.29, 1.82) is 0 Å². The Kier molecular flexibility index (Phi) is 5.15. The molecule has 2 amide bonds. The topological polar surface area (TPSA) is 44.8 Å². The SMILES string of the molecule is O=C1N(CC2CCOC2)CC(c2cccc(Cl)c2)N1C1CCNCC1. The molecule has 2 atom stereocenters. The second-order valence-electron chi connectivity index (χ2n) is 7.38. The Morgan fingerprint density at radius 1 is 1.24 bits per heavy atom. The number of carbonyl (C=O) groups is 1. The van der Waals surface area contributed by atoms with Crippen LogP contribution >= 0.6 is 11.6 Å². The van der Waals surface area contributed by atoms with Crippen molar-refractivity contribution < 1.29 is 9.53 Å². The normalized spacial score (nSPS) is 28.1. The molecule has 0 aromatic heterocycles. The molecule has 3 heterocycles. The zero-order valence-electron chi connectivity index (χ0n) is 14.5. The summed E-state index contributed by atoms with van der Waals surface area (Å²) in [5.74, 6) is 0.469. The molecule has 4 rings (SSSR count). The van der Waals surface area contributed by atoms with Gasteiger partial charge in [0.2, 0.25) is 0 Å². The summed E-state index contributed by atoms with van der Waals surface area (Å²) in [7, 11) is 0. The van der Waals surface area contributed by atoms with Gasteiger partial charge in [-0.25, -0.2) is 4.79 Å². The van der Waals surface area contributed by atoms with E-state index in [1.54, 1.807) is 0 Å². The molecule has 2 unspecified atom stereocenters. The van der Waals surface area contributed by atoms with Crippen LogP contribution in [-0.2, 0) is 4.74 Å². The summed E-state index contributed by atoms with van der Waals surface area (Å²) in [5, 5.41) is 4.13. The second kappa shape index (κ2) is 7.52. The number of urea groups is 1. The van der Waals surface area contributed by atoms with Gasteiger partial charge in [-0.2, -0.15) is 0 Å². The summed E-state index contributed by atoms with van der Waals surface area (Å²) in [4.78, 5) is 17.4. The number of piperidine rings is 1. The van der Waals surface area contributed by atoms with Gasteiger partial charge in [0.05, 0.1) is 12.6 Å². The fourth-order valence-electron chi connectivity index (χ4n) is 4.34. The molecule has 3 aliphatic rings. The van der Waals surface area contributed by atoms with E-state index in [2.05, 4.69) is 16.3 Å². The molecule has 0 radical (unpaired) electrons. The number of amides is 2. The monoisotopic (exact) mass is 363 g/mol. The van der Waals surface area contributed by atoms with Crippen molar-refractivity contribution in [3.63, 3.8) is 0 Å². The molecule has 0 saturated carbocycles. The average Bonchev–Trinajstić information content (AvgIpc) is 3.25. The Bertz CT molecular complexity index is 614. The van der Waals surface area contributed by atoms with Crippen LogP contribution in [0.15, 0.2) is 24.3 Å². The van der Waals surface area contributed by atoms with Crippen LogP contribution < -0.4 is 5.32 Å². The molecule has 3 fully saturated rings. The Hall–Kier alpha value is -1.30. The first-order valence-corrected chi connectivity index (χ1v) is 9.71. The summed E-state index contributed by atoms with van der Waals surface area (Å²) in [6.45, 7) is 5.11. The Morgan fingerprint density at radius 2 is 2.08 bits per heavy atom. The first-order chi connectivity index (χ1) is 12.2. The van der Waals surface area contributed by atoms with Crippen LogP contribution in [0.4, 0.5) is 4.79 Å². The second-order valence-corrected chi connectivity index (χ2v) is 7.81. The molecule has 3 saturated heterocycles. The van der Waals surface area contributed by atoms with Crippen molar-refractivity contribution in [2.24, 2.45) is 5.92 Å². The smallest absolute Gasteiger partial charge is 0.320 e. The maximum atomic E-state index is 13.2. The first-order valence-electron chi connectivity index (χ1n) is 9.33. The number of hydrogen-bond acceptors (Lipinski definition) is 3. The van der Waals surface area contributed by atoms with Crippen molar-refractivity contribution in [2.45, 2.75) is 31.3 Å². The molecule has 1 N–H and O–H groups in total. The lowest BCUT2D eigenvalue weighted by atomic mass is 10.00. The van der Waals surface area contributed by atoms with Gasteiger partial charge in [0.25, 0.3) is 0 Å². The number of carbonyl (C=O) groups excluding carboxylic acids is 1. The molecule has 6 heteroatoms.